The molecule has 0 spiro atoms. The van der Waals surface area contributed by atoms with Crippen LogP contribution in [0.2, 0.25) is 0 Å². The lowest BCUT2D eigenvalue weighted by Gasteiger charge is -2.12. The molecule has 0 saturated carbocycles. The molecule has 1 heterocycles. The molecule has 0 fully saturated rings. The number of nitrogens with one attached hydrogen (secondary N) is 1. The molecule has 24 heavy (non-hydrogen) atoms. The number of hydrogen-bond donors (Lipinski definition) is 1. The summed E-state index contributed by atoms with van der Waals surface area (Å²) in [6.45, 7) is 4.19. The van der Waals surface area contributed by atoms with Crippen molar-refractivity contribution >= 4 is 38.4 Å². The normalized spacial score (nSPS) is 10.8. The van der Waals surface area contributed by atoms with Crippen LogP contribution in [0.4, 0.5) is 5.69 Å². The standard InChI is InChI=1S/C19H17BrN2O2/c1-12-3-5-15(9-13(12)2)21-19(24)11-22-8-7-18(23)16-10-14(20)4-6-17(16)22/h3-10H,11H2,1-2H3,(H,21,24). The highest BCUT2D eigenvalue weighted by molar-refractivity contribution is 9.10. The van der Waals surface area contributed by atoms with Gasteiger partial charge in [0.1, 0.15) is 6.54 Å². The SMILES string of the molecule is Cc1ccc(NC(=O)Cn2ccc(=O)c3cc(Br)ccc32)cc1C. The topological polar surface area (TPSA) is 51.1 Å². The molecule has 4 nitrogen and oxygen atoms in total. The monoisotopic (exact) mass is 384 g/mol. The molecule has 3 aromatic rings. The van der Waals surface area contributed by atoms with Gasteiger partial charge in [-0.25, -0.2) is 0 Å². The first kappa shape index (κ1) is 16.5. The van der Waals surface area contributed by atoms with Crippen LogP contribution in [0, 0.1) is 13.8 Å². The van der Waals surface area contributed by atoms with E-state index in [4.69, 9.17) is 0 Å². The fourth-order valence-corrected chi connectivity index (χ4v) is 2.96. The number of carbonyl (C=O) groups excluding carboxylic acids is 1. The first-order chi connectivity index (χ1) is 11.4. The summed E-state index contributed by atoms with van der Waals surface area (Å²) in [4.78, 5) is 24.3. The molecule has 2 aromatic carbocycles. The van der Waals surface area contributed by atoms with Crippen LogP contribution in [0.1, 0.15) is 11.1 Å². The van der Waals surface area contributed by atoms with E-state index in [0.717, 1.165) is 21.2 Å². The number of hydrogen-bond acceptors (Lipinski definition) is 2. The fraction of sp³-hybridized carbons (Fsp3) is 0.158. The molecular weight excluding hydrogens is 368 g/mol. The van der Waals surface area contributed by atoms with E-state index in [-0.39, 0.29) is 17.9 Å². The van der Waals surface area contributed by atoms with Gasteiger partial charge in [0.15, 0.2) is 5.43 Å². The van der Waals surface area contributed by atoms with Gasteiger partial charge in [-0.2, -0.15) is 0 Å². The van der Waals surface area contributed by atoms with Crippen molar-refractivity contribution in [3.8, 4) is 0 Å². The molecule has 0 saturated heterocycles. The zero-order chi connectivity index (χ0) is 17.3. The number of anilines is 1. The van der Waals surface area contributed by atoms with Gasteiger partial charge in [0.2, 0.25) is 5.91 Å². The molecule has 122 valence electrons. The number of nitrogens with zero attached hydrogens (tertiary/aromatic N) is 1. The highest BCUT2D eigenvalue weighted by atomic mass is 79.9. The lowest BCUT2D eigenvalue weighted by atomic mass is 10.1. The minimum atomic E-state index is -0.133. The minimum absolute atomic E-state index is 0.0582. The molecule has 0 aliphatic carbocycles. The largest absolute Gasteiger partial charge is 0.338 e. The van der Waals surface area contributed by atoms with Crippen molar-refractivity contribution in [2.24, 2.45) is 0 Å². The van der Waals surface area contributed by atoms with Gasteiger partial charge in [-0.05, 0) is 55.3 Å². The third-order valence-electron chi connectivity index (χ3n) is 4.04. The Morgan fingerprint density at radius 1 is 1.08 bits per heavy atom. The Hall–Kier alpha value is -2.40. The van der Waals surface area contributed by atoms with E-state index in [0.29, 0.717) is 5.39 Å². The summed E-state index contributed by atoms with van der Waals surface area (Å²) < 4.78 is 2.61. The van der Waals surface area contributed by atoms with E-state index < -0.39 is 0 Å². The summed E-state index contributed by atoms with van der Waals surface area (Å²) in [5.74, 6) is -0.133. The van der Waals surface area contributed by atoms with Gasteiger partial charge in [0.05, 0.1) is 5.52 Å². The molecule has 3 rings (SSSR count). The first-order valence-electron chi connectivity index (χ1n) is 7.60. The molecule has 1 aromatic heterocycles. The van der Waals surface area contributed by atoms with Crippen LogP contribution < -0.4 is 10.7 Å². The van der Waals surface area contributed by atoms with Crippen molar-refractivity contribution in [3.05, 3.63) is 74.5 Å². The van der Waals surface area contributed by atoms with Gasteiger partial charge < -0.3 is 9.88 Å². The van der Waals surface area contributed by atoms with Crippen molar-refractivity contribution < 1.29 is 4.79 Å². The van der Waals surface area contributed by atoms with Crippen LogP contribution in [0.15, 0.2) is 57.9 Å². The van der Waals surface area contributed by atoms with Crippen LogP contribution in [-0.2, 0) is 11.3 Å². The molecule has 1 amide bonds. The quantitative estimate of drug-likeness (QED) is 0.741. The van der Waals surface area contributed by atoms with Crippen LogP contribution >= 0.6 is 15.9 Å². The zero-order valence-corrected chi connectivity index (χ0v) is 15.1. The Bertz CT molecular complexity index is 992. The first-order valence-corrected chi connectivity index (χ1v) is 8.39. The Morgan fingerprint density at radius 3 is 2.62 bits per heavy atom. The second-order valence-corrected chi connectivity index (χ2v) is 6.73. The van der Waals surface area contributed by atoms with E-state index in [1.54, 1.807) is 16.8 Å². The second-order valence-electron chi connectivity index (χ2n) is 5.82. The Kier molecular flexibility index (Phi) is 4.53. The van der Waals surface area contributed by atoms with Crippen LogP contribution in [0.3, 0.4) is 0 Å². The van der Waals surface area contributed by atoms with Crippen molar-refractivity contribution in [2.45, 2.75) is 20.4 Å². The molecule has 0 bridgehead atoms. The lowest BCUT2D eigenvalue weighted by molar-refractivity contribution is -0.116. The van der Waals surface area contributed by atoms with E-state index in [9.17, 15) is 9.59 Å². The number of benzene rings is 2. The number of aromatic nitrogens is 1. The molecule has 1 N–H and O–H groups in total. The van der Waals surface area contributed by atoms with E-state index >= 15 is 0 Å². The molecule has 0 aliphatic heterocycles. The van der Waals surface area contributed by atoms with Gasteiger partial charge >= 0.3 is 0 Å². The zero-order valence-electron chi connectivity index (χ0n) is 13.5. The summed E-state index contributed by atoms with van der Waals surface area (Å²) in [7, 11) is 0. The number of carbonyl (C=O) groups is 1. The summed E-state index contributed by atoms with van der Waals surface area (Å²) in [5.41, 5.74) is 3.77. The van der Waals surface area contributed by atoms with E-state index in [1.165, 1.54) is 11.6 Å². The number of aryl methyl sites for hydroxylation is 2. The number of rotatable bonds is 3. The van der Waals surface area contributed by atoms with Gasteiger partial charge in [0.25, 0.3) is 0 Å². The van der Waals surface area contributed by atoms with Gasteiger partial charge in [0, 0.05) is 27.8 Å². The van der Waals surface area contributed by atoms with E-state index in [1.807, 2.05) is 44.2 Å². The van der Waals surface area contributed by atoms with Crippen molar-refractivity contribution in [3.63, 3.8) is 0 Å². The predicted octanol–water partition coefficient (Wildman–Crippen LogP) is 4.02. The van der Waals surface area contributed by atoms with Crippen LogP contribution in [-0.4, -0.2) is 10.5 Å². The van der Waals surface area contributed by atoms with Gasteiger partial charge in [-0.3, -0.25) is 9.59 Å². The van der Waals surface area contributed by atoms with Crippen molar-refractivity contribution in [2.75, 3.05) is 5.32 Å². The summed E-state index contributed by atoms with van der Waals surface area (Å²) in [6.07, 6.45) is 1.65. The number of halogens is 1. The molecule has 0 unspecified atom stereocenters. The molecule has 0 atom stereocenters. The average Bonchev–Trinajstić information content (AvgIpc) is 2.54. The van der Waals surface area contributed by atoms with Crippen molar-refractivity contribution in [1.82, 2.24) is 4.57 Å². The Morgan fingerprint density at radius 2 is 1.88 bits per heavy atom. The Labute approximate surface area is 148 Å². The van der Waals surface area contributed by atoms with Gasteiger partial charge in [-0.1, -0.05) is 22.0 Å². The predicted molar refractivity (Wildman–Crippen MR) is 100 cm³/mol. The third kappa shape index (κ3) is 3.41. The Balaban J connectivity index is 1.87. The number of pyridine rings is 1. The number of fused-ring (bicyclic) bond motifs is 1. The molecular formula is C19H17BrN2O2. The minimum Gasteiger partial charge on any atom is -0.338 e. The highest BCUT2D eigenvalue weighted by Crippen LogP contribution is 2.18. The second kappa shape index (κ2) is 6.61. The lowest BCUT2D eigenvalue weighted by Crippen LogP contribution is -2.20. The van der Waals surface area contributed by atoms with E-state index in [2.05, 4.69) is 21.2 Å². The number of amides is 1. The summed E-state index contributed by atoms with van der Waals surface area (Å²) in [6, 6.07) is 12.8. The average molecular weight is 385 g/mol. The fourth-order valence-electron chi connectivity index (χ4n) is 2.60. The highest BCUT2D eigenvalue weighted by Gasteiger charge is 2.08. The smallest absolute Gasteiger partial charge is 0.244 e. The van der Waals surface area contributed by atoms with Crippen LogP contribution in [0.5, 0.6) is 0 Å². The van der Waals surface area contributed by atoms with Gasteiger partial charge in [-0.15, -0.1) is 0 Å². The molecule has 0 radical (unpaired) electrons. The molecule has 0 aliphatic rings. The van der Waals surface area contributed by atoms with Crippen molar-refractivity contribution in [1.29, 1.82) is 0 Å². The van der Waals surface area contributed by atoms with Crippen LogP contribution in [0.25, 0.3) is 10.9 Å². The maximum absolute atomic E-state index is 12.4. The maximum atomic E-state index is 12.4. The summed E-state index contributed by atoms with van der Waals surface area (Å²) >= 11 is 3.37. The summed E-state index contributed by atoms with van der Waals surface area (Å²) in [5, 5.41) is 3.49. The third-order valence-corrected chi connectivity index (χ3v) is 4.54. The maximum Gasteiger partial charge on any atom is 0.244 e. The molecule has 5 heteroatoms.